The van der Waals surface area contributed by atoms with Crippen LogP contribution in [0.15, 0.2) is 0 Å². The fraction of sp³-hybridized carbons (Fsp3) is 0.769. The van der Waals surface area contributed by atoms with Crippen LogP contribution in [-0.2, 0) is 14.4 Å². The summed E-state index contributed by atoms with van der Waals surface area (Å²) in [6.45, 7) is 4.52. The second-order valence-electron chi connectivity index (χ2n) is 5.26. The van der Waals surface area contributed by atoms with Crippen LogP contribution in [0.25, 0.3) is 0 Å². The van der Waals surface area contributed by atoms with Crippen molar-refractivity contribution >= 4 is 17.8 Å². The lowest BCUT2D eigenvalue weighted by Crippen LogP contribution is -2.46. The third-order valence-electron chi connectivity index (χ3n) is 3.30. The Hall–Kier alpha value is -1.59. The van der Waals surface area contributed by atoms with Crippen LogP contribution in [0, 0.1) is 5.92 Å². The van der Waals surface area contributed by atoms with Gasteiger partial charge in [-0.1, -0.05) is 6.92 Å². The van der Waals surface area contributed by atoms with E-state index in [0.717, 1.165) is 12.8 Å². The predicted molar refractivity (Wildman–Crippen MR) is 69.5 cm³/mol. The van der Waals surface area contributed by atoms with E-state index in [1.165, 1.54) is 6.92 Å². The summed E-state index contributed by atoms with van der Waals surface area (Å²) >= 11 is 0. The van der Waals surface area contributed by atoms with Gasteiger partial charge in [0.25, 0.3) is 0 Å². The van der Waals surface area contributed by atoms with Gasteiger partial charge in [-0.2, -0.15) is 0 Å². The van der Waals surface area contributed by atoms with Gasteiger partial charge < -0.3 is 15.3 Å². The van der Waals surface area contributed by atoms with Crippen molar-refractivity contribution in [2.75, 3.05) is 13.1 Å². The van der Waals surface area contributed by atoms with Crippen LogP contribution in [0.3, 0.4) is 0 Å². The van der Waals surface area contributed by atoms with Crippen molar-refractivity contribution in [3.8, 4) is 0 Å². The normalized spacial score (nSPS) is 17.9. The zero-order chi connectivity index (χ0) is 14.4. The van der Waals surface area contributed by atoms with Crippen molar-refractivity contribution in [2.45, 2.75) is 45.6 Å². The van der Waals surface area contributed by atoms with Crippen molar-refractivity contribution in [3.63, 3.8) is 0 Å². The zero-order valence-electron chi connectivity index (χ0n) is 11.5. The van der Waals surface area contributed by atoms with Gasteiger partial charge in [0, 0.05) is 38.9 Å². The first-order valence-electron chi connectivity index (χ1n) is 6.65. The average molecular weight is 270 g/mol. The number of nitrogens with zero attached hydrogens (tertiary/aromatic N) is 1. The molecule has 0 bridgehead atoms. The molecule has 108 valence electrons. The number of hydrogen-bond acceptors (Lipinski definition) is 3. The molecule has 0 aromatic carbocycles. The van der Waals surface area contributed by atoms with Gasteiger partial charge in [0.1, 0.15) is 0 Å². The summed E-state index contributed by atoms with van der Waals surface area (Å²) in [6.07, 6.45) is 1.82. The highest BCUT2D eigenvalue weighted by atomic mass is 16.4. The van der Waals surface area contributed by atoms with E-state index in [9.17, 15) is 14.4 Å². The lowest BCUT2D eigenvalue weighted by atomic mass is 10.0. The second kappa shape index (κ2) is 7.11. The number of likely N-dealkylation sites (tertiary alicyclic amines) is 1. The molecule has 1 unspecified atom stereocenters. The molecule has 19 heavy (non-hydrogen) atoms. The molecule has 0 aromatic rings. The van der Waals surface area contributed by atoms with Gasteiger partial charge >= 0.3 is 5.97 Å². The molecule has 0 saturated carbocycles. The summed E-state index contributed by atoms with van der Waals surface area (Å²) in [5, 5.41) is 11.5. The zero-order valence-corrected chi connectivity index (χ0v) is 11.5. The minimum Gasteiger partial charge on any atom is -0.481 e. The first-order chi connectivity index (χ1) is 8.88. The summed E-state index contributed by atoms with van der Waals surface area (Å²) in [7, 11) is 0. The Kier molecular flexibility index (Phi) is 5.79. The van der Waals surface area contributed by atoms with Crippen molar-refractivity contribution < 1.29 is 19.5 Å². The molecule has 1 fully saturated rings. The molecule has 0 spiro atoms. The monoisotopic (exact) mass is 270 g/mol. The van der Waals surface area contributed by atoms with Crippen LogP contribution in [0.2, 0.25) is 0 Å². The van der Waals surface area contributed by atoms with E-state index in [4.69, 9.17) is 5.11 Å². The van der Waals surface area contributed by atoms with E-state index in [1.807, 2.05) is 0 Å². The molecule has 1 rings (SSSR count). The summed E-state index contributed by atoms with van der Waals surface area (Å²) in [6, 6.07) is 0.151. The van der Waals surface area contributed by atoms with E-state index >= 15 is 0 Å². The minimum absolute atomic E-state index is 0.00928. The van der Waals surface area contributed by atoms with E-state index in [-0.39, 0.29) is 36.6 Å². The highest BCUT2D eigenvalue weighted by Gasteiger charge is 2.24. The Morgan fingerprint density at radius 2 is 1.84 bits per heavy atom. The Labute approximate surface area is 113 Å². The number of carboxylic acids is 1. The van der Waals surface area contributed by atoms with Gasteiger partial charge in [0.05, 0.1) is 0 Å². The molecule has 2 N–H and O–H groups in total. The van der Waals surface area contributed by atoms with Crippen molar-refractivity contribution in [3.05, 3.63) is 0 Å². The van der Waals surface area contributed by atoms with Crippen LogP contribution in [0.4, 0.5) is 0 Å². The molecule has 1 heterocycles. The van der Waals surface area contributed by atoms with Crippen LogP contribution >= 0.6 is 0 Å². The number of rotatable bonds is 5. The van der Waals surface area contributed by atoms with Gasteiger partial charge in [-0.15, -0.1) is 0 Å². The average Bonchev–Trinajstić information content (AvgIpc) is 2.27. The number of carbonyl (C=O) groups excluding carboxylic acids is 2. The van der Waals surface area contributed by atoms with E-state index in [1.54, 1.807) is 11.8 Å². The van der Waals surface area contributed by atoms with Crippen LogP contribution in [0.5, 0.6) is 0 Å². The summed E-state index contributed by atoms with van der Waals surface area (Å²) in [4.78, 5) is 35.2. The maximum atomic E-state index is 12.0. The van der Waals surface area contributed by atoms with Gasteiger partial charge in [-0.05, 0) is 18.8 Å². The molecule has 1 saturated heterocycles. The van der Waals surface area contributed by atoms with Crippen LogP contribution in [-0.4, -0.2) is 46.9 Å². The maximum Gasteiger partial charge on any atom is 0.303 e. The van der Waals surface area contributed by atoms with E-state index in [2.05, 4.69) is 5.32 Å². The Morgan fingerprint density at radius 1 is 1.26 bits per heavy atom. The van der Waals surface area contributed by atoms with Gasteiger partial charge in [-0.25, -0.2) is 0 Å². The third kappa shape index (κ3) is 5.72. The highest BCUT2D eigenvalue weighted by Crippen LogP contribution is 2.15. The van der Waals surface area contributed by atoms with E-state index in [0.29, 0.717) is 13.1 Å². The Bertz CT molecular complexity index is 349. The maximum absolute atomic E-state index is 12.0. The number of piperidine rings is 1. The first-order valence-corrected chi connectivity index (χ1v) is 6.65. The van der Waals surface area contributed by atoms with Crippen LogP contribution < -0.4 is 5.32 Å². The standard InChI is InChI=1S/C13H22N2O4/c1-9(8-13(18)19)7-12(17)15-5-3-11(4-6-15)14-10(2)16/h9,11H,3-8H2,1-2H3,(H,14,16)(H,18,19). The molecule has 0 aromatic heterocycles. The smallest absolute Gasteiger partial charge is 0.303 e. The number of carbonyl (C=O) groups is 3. The molecule has 1 aliphatic rings. The molecule has 1 atom stereocenters. The summed E-state index contributed by atoms with van der Waals surface area (Å²) in [5.74, 6) is -1.04. The van der Waals surface area contributed by atoms with Crippen LogP contribution in [0.1, 0.15) is 39.5 Å². The molecular formula is C13H22N2O4. The van der Waals surface area contributed by atoms with Gasteiger partial charge in [-0.3, -0.25) is 14.4 Å². The quantitative estimate of drug-likeness (QED) is 0.766. The first kappa shape index (κ1) is 15.5. The molecule has 0 radical (unpaired) electrons. The molecule has 2 amide bonds. The lowest BCUT2D eigenvalue weighted by Gasteiger charge is -2.32. The molecule has 1 aliphatic heterocycles. The van der Waals surface area contributed by atoms with Gasteiger partial charge in [0.2, 0.25) is 11.8 Å². The van der Waals surface area contributed by atoms with E-state index < -0.39 is 5.97 Å². The predicted octanol–water partition coefficient (Wildman–Crippen LogP) is 0.614. The molecular weight excluding hydrogens is 248 g/mol. The van der Waals surface area contributed by atoms with Crippen molar-refractivity contribution in [1.82, 2.24) is 10.2 Å². The fourth-order valence-corrected chi connectivity index (χ4v) is 2.36. The largest absolute Gasteiger partial charge is 0.481 e. The van der Waals surface area contributed by atoms with Crippen molar-refractivity contribution in [1.29, 1.82) is 0 Å². The topological polar surface area (TPSA) is 86.7 Å². The lowest BCUT2D eigenvalue weighted by molar-refractivity contribution is -0.138. The third-order valence-corrected chi connectivity index (χ3v) is 3.30. The number of amides is 2. The number of carboxylic acid groups (broad SMARTS) is 1. The SMILES string of the molecule is CC(=O)NC1CCN(C(=O)CC(C)CC(=O)O)CC1. The molecule has 0 aliphatic carbocycles. The Balaban J connectivity index is 2.32. The molecule has 6 heteroatoms. The fourth-order valence-electron chi connectivity index (χ4n) is 2.36. The second-order valence-corrected chi connectivity index (χ2v) is 5.26. The van der Waals surface area contributed by atoms with Crippen molar-refractivity contribution in [2.24, 2.45) is 5.92 Å². The minimum atomic E-state index is -0.871. The summed E-state index contributed by atoms with van der Waals surface area (Å²) < 4.78 is 0. The Morgan fingerprint density at radius 3 is 2.32 bits per heavy atom. The molecule has 6 nitrogen and oxygen atoms in total. The number of hydrogen-bond donors (Lipinski definition) is 2. The number of aliphatic carboxylic acids is 1. The number of nitrogens with one attached hydrogen (secondary N) is 1. The highest BCUT2D eigenvalue weighted by molar-refractivity contribution is 5.77. The van der Waals surface area contributed by atoms with Gasteiger partial charge in [0.15, 0.2) is 0 Å². The summed E-state index contributed by atoms with van der Waals surface area (Å²) in [5.41, 5.74) is 0.